The molecule has 0 heterocycles. The number of hydrogen-bond donors (Lipinski definition) is 1. The van der Waals surface area contributed by atoms with Gasteiger partial charge in [0.25, 0.3) is 0 Å². The minimum absolute atomic E-state index is 0.0382. The van der Waals surface area contributed by atoms with Crippen LogP contribution < -0.4 is 5.32 Å². The molecule has 0 atom stereocenters. The topological polar surface area (TPSA) is 29.1 Å². The van der Waals surface area contributed by atoms with Crippen LogP contribution in [0.4, 0.5) is 10.1 Å². The van der Waals surface area contributed by atoms with Crippen LogP contribution in [0.25, 0.3) is 0 Å². The second-order valence-corrected chi connectivity index (χ2v) is 7.23. The third kappa shape index (κ3) is 5.55. The molecule has 0 aliphatic heterocycles. The standard InChI is InChI=1S/C12H15BrFNOS/c1-12(2,3)17-7-11(16)15-10-6-8(14)4-5-9(10)13/h4-6H,7H2,1-3H3,(H,15,16). The van der Waals surface area contributed by atoms with Crippen molar-refractivity contribution in [2.75, 3.05) is 11.1 Å². The van der Waals surface area contributed by atoms with Gasteiger partial charge in [-0.1, -0.05) is 20.8 Å². The molecule has 1 aromatic carbocycles. The Hall–Kier alpha value is -0.550. The van der Waals surface area contributed by atoms with Crippen LogP contribution in [0.15, 0.2) is 22.7 Å². The highest BCUT2D eigenvalue weighted by molar-refractivity contribution is 9.10. The van der Waals surface area contributed by atoms with Crippen molar-refractivity contribution in [1.82, 2.24) is 0 Å². The first kappa shape index (κ1) is 14.5. The molecule has 2 nitrogen and oxygen atoms in total. The van der Waals surface area contributed by atoms with Gasteiger partial charge in [0, 0.05) is 9.22 Å². The van der Waals surface area contributed by atoms with E-state index in [1.165, 1.54) is 12.1 Å². The zero-order valence-electron chi connectivity index (χ0n) is 10.0. The molecule has 17 heavy (non-hydrogen) atoms. The number of anilines is 1. The Balaban J connectivity index is 2.59. The van der Waals surface area contributed by atoms with Gasteiger partial charge in [0.05, 0.1) is 11.4 Å². The van der Waals surface area contributed by atoms with E-state index >= 15 is 0 Å². The fourth-order valence-electron chi connectivity index (χ4n) is 1.06. The molecule has 0 aromatic heterocycles. The molecule has 1 N–H and O–H groups in total. The van der Waals surface area contributed by atoms with Gasteiger partial charge in [0.1, 0.15) is 5.82 Å². The van der Waals surface area contributed by atoms with Gasteiger partial charge >= 0.3 is 0 Å². The van der Waals surface area contributed by atoms with Gasteiger partial charge in [-0.05, 0) is 34.1 Å². The summed E-state index contributed by atoms with van der Waals surface area (Å²) in [6.07, 6.45) is 0. The number of thioether (sulfide) groups is 1. The third-order valence-corrected chi connectivity index (χ3v) is 3.80. The largest absolute Gasteiger partial charge is 0.324 e. The molecule has 0 aliphatic rings. The van der Waals surface area contributed by atoms with Crippen LogP contribution in [-0.4, -0.2) is 16.4 Å². The molecule has 0 saturated carbocycles. The van der Waals surface area contributed by atoms with Crippen LogP contribution in [-0.2, 0) is 4.79 Å². The second kappa shape index (κ2) is 5.87. The van der Waals surface area contributed by atoms with E-state index in [-0.39, 0.29) is 16.5 Å². The summed E-state index contributed by atoms with van der Waals surface area (Å²) in [5.74, 6) is -0.143. The quantitative estimate of drug-likeness (QED) is 0.910. The number of rotatable bonds is 3. The number of carbonyl (C=O) groups excluding carboxylic acids is 1. The monoisotopic (exact) mass is 319 g/mol. The van der Waals surface area contributed by atoms with Crippen molar-refractivity contribution in [1.29, 1.82) is 0 Å². The van der Waals surface area contributed by atoms with E-state index in [1.54, 1.807) is 17.8 Å². The predicted molar refractivity (Wildman–Crippen MR) is 74.9 cm³/mol. The van der Waals surface area contributed by atoms with Gasteiger partial charge < -0.3 is 5.32 Å². The molecule has 5 heteroatoms. The van der Waals surface area contributed by atoms with Crippen molar-refractivity contribution in [3.63, 3.8) is 0 Å². The Bertz CT molecular complexity index is 417. The summed E-state index contributed by atoms with van der Waals surface area (Å²) in [4.78, 5) is 11.6. The predicted octanol–water partition coefficient (Wildman–Crippen LogP) is 4.06. The number of benzene rings is 1. The normalized spacial score (nSPS) is 11.4. The lowest BCUT2D eigenvalue weighted by Gasteiger charge is -2.17. The van der Waals surface area contributed by atoms with E-state index in [4.69, 9.17) is 0 Å². The molecule has 94 valence electrons. The van der Waals surface area contributed by atoms with Crippen molar-refractivity contribution in [3.05, 3.63) is 28.5 Å². The van der Waals surface area contributed by atoms with Crippen molar-refractivity contribution >= 4 is 39.3 Å². The van der Waals surface area contributed by atoms with Crippen LogP contribution in [0.2, 0.25) is 0 Å². The van der Waals surface area contributed by atoms with Crippen LogP contribution in [0.1, 0.15) is 20.8 Å². The minimum atomic E-state index is -0.369. The SMILES string of the molecule is CC(C)(C)SCC(=O)Nc1cc(F)ccc1Br. The first-order chi connectivity index (χ1) is 7.78. The smallest absolute Gasteiger partial charge is 0.234 e. The first-order valence-electron chi connectivity index (χ1n) is 5.17. The van der Waals surface area contributed by atoms with E-state index in [0.717, 1.165) is 0 Å². The lowest BCUT2D eigenvalue weighted by Crippen LogP contribution is -2.19. The number of amides is 1. The Labute approximate surface area is 113 Å². The lowest BCUT2D eigenvalue weighted by atomic mass is 10.3. The van der Waals surface area contributed by atoms with Crippen molar-refractivity contribution in [3.8, 4) is 0 Å². The van der Waals surface area contributed by atoms with Gasteiger partial charge in [-0.2, -0.15) is 0 Å². The maximum atomic E-state index is 13.0. The molecule has 1 rings (SSSR count). The molecule has 0 aliphatic carbocycles. The van der Waals surface area contributed by atoms with Crippen molar-refractivity contribution in [2.24, 2.45) is 0 Å². The highest BCUT2D eigenvalue weighted by Gasteiger charge is 2.14. The number of halogens is 2. The first-order valence-corrected chi connectivity index (χ1v) is 6.95. The van der Waals surface area contributed by atoms with Crippen molar-refractivity contribution < 1.29 is 9.18 Å². The summed E-state index contributed by atoms with van der Waals surface area (Å²) in [5, 5.41) is 2.68. The maximum Gasteiger partial charge on any atom is 0.234 e. The number of carbonyl (C=O) groups is 1. The highest BCUT2D eigenvalue weighted by atomic mass is 79.9. The van der Waals surface area contributed by atoms with E-state index in [9.17, 15) is 9.18 Å². The van der Waals surface area contributed by atoms with Gasteiger partial charge in [-0.3, -0.25) is 4.79 Å². The van der Waals surface area contributed by atoms with Crippen LogP contribution >= 0.6 is 27.7 Å². The summed E-state index contributed by atoms with van der Waals surface area (Å²) in [6.45, 7) is 6.13. The fourth-order valence-corrected chi connectivity index (χ4v) is 2.04. The summed E-state index contributed by atoms with van der Waals surface area (Å²) < 4.78 is 13.7. The molecule has 0 spiro atoms. The van der Waals surface area contributed by atoms with Crippen LogP contribution in [0.5, 0.6) is 0 Å². The molecule has 1 aromatic rings. The van der Waals surface area contributed by atoms with E-state index in [2.05, 4.69) is 21.2 Å². The minimum Gasteiger partial charge on any atom is -0.324 e. The van der Waals surface area contributed by atoms with Gasteiger partial charge in [-0.25, -0.2) is 4.39 Å². The Morgan fingerprint density at radius 2 is 2.12 bits per heavy atom. The van der Waals surface area contributed by atoms with Gasteiger partial charge in [0.2, 0.25) is 5.91 Å². The number of hydrogen-bond acceptors (Lipinski definition) is 2. The zero-order valence-corrected chi connectivity index (χ0v) is 12.4. The third-order valence-electron chi connectivity index (χ3n) is 1.84. The Morgan fingerprint density at radius 3 is 2.71 bits per heavy atom. The molecular formula is C12H15BrFNOS. The van der Waals surface area contributed by atoms with E-state index in [1.807, 2.05) is 20.8 Å². The van der Waals surface area contributed by atoms with Crippen LogP contribution in [0, 0.1) is 5.82 Å². The van der Waals surface area contributed by atoms with Gasteiger partial charge in [-0.15, -0.1) is 11.8 Å². The molecule has 0 bridgehead atoms. The zero-order chi connectivity index (χ0) is 13.1. The van der Waals surface area contributed by atoms with Gasteiger partial charge in [0.15, 0.2) is 0 Å². The van der Waals surface area contributed by atoms with Crippen LogP contribution in [0.3, 0.4) is 0 Å². The second-order valence-electron chi connectivity index (χ2n) is 4.57. The molecule has 0 unspecified atom stereocenters. The molecule has 0 radical (unpaired) electrons. The maximum absolute atomic E-state index is 13.0. The molecule has 0 saturated heterocycles. The average molecular weight is 320 g/mol. The van der Waals surface area contributed by atoms with E-state index in [0.29, 0.717) is 15.9 Å². The van der Waals surface area contributed by atoms with Crippen molar-refractivity contribution in [2.45, 2.75) is 25.5 Å². The highest BCUT2D eigenvalue weighted by Crippen LogP contribution is 2.25. The summed E-state index contributed by atoms with van der Waals surface area (Å²) in [5.41, 5.74) is 0.463. The molecular weight excluding hydrogens is 305 g/mol. The summed E-state index contributed by atoms with van der Waals surface area (Å²) in [7, 11) is 0. The summed E-state index contributed by atoms with van der Waals surface area (Å²) >= 11 is 4.81. The summed E-state index contributed by atoms with van der Waals surface area (Å²) in [6, 6.07) is 4.20. The molecule has 1 amide bonds. The Kier molecular flexibility index (Phi) is 5.01. The molecule has 0 fully saturated rings. The number of nitrogens with one attached hydrogen (secondary N) is 1. The Morgan fingerprint density at radius 1 is 1.47 bits per heavy atom. The fraction of sp³-hybridized carbons (Fsp3) is 0.417. The van der Waals surface area contributed by atoms with E-state index < -0.39 is 0 Å². The lowest BCUT2D eigenvalue weighted by molar-refractivity contribution is -0.113. The average Bonchev–Trinajstić information content (AvgIpc) is 2.20.